The Morgan fingerprint density at radius 2 is 1.33 bits per heavy atom. The van der Waals surface area contributed by atoms with E-state index in [-0.39, 0.29) is 18.4 Å². The van der Waals surface area contributed by atoms with Gasteiger partial charge in [0.05, 0.1) is 12.6 Å². The van der Waals surface area contributed by atoms with E-state index in [1.165, 1.54) is 18.4 Å². The molecule has 0 unspecified atom stereocenters. The van der Waals surface area contributed by atoms with Crippen LogP contribution < -0.4 is 10.6 Å². The number of hydrogen-bond acceptors (Lipinski definition) is 4. The predicted octanol–water partition coefficient (Wildman–Crippen LogP) is 3.34. The van der Waals surface area contributed by atoms with Gasteiger partial charge in [-0.1, -0.05) is 72.8 Å². The van der Waals surface area contributed by atoms with Gasteiger partial charge in [0.15, 0.2) is 0 Å². The molecule has 0 saturated carbocycles. The highest BCUT2D eigenvalue weighted by Crippen LogP contribution is 2.14. The average Bonchev–Trinajstić information content (AvgIpc) is 3.42. The molecule has 2 atom stereocenters. The van der Waals surface area contributed by atoms with Crippen LogP contribution >= 0.6 is 0 Å². The zero-order valence-electron chi connectivity index (χ0n) is 20.6. The van der Waals surface area contributed by atoms with Gasteiger partial charge in [-0.15, -0.1) is 0 Å². The van der Waals surface area contributed by atoms with Crippen molar-refractivity contribution in [1.29, 1.82) is 0 Å². The van der Waals surface area contributed by atoms with Gasteiger partial charge in [0.25, 0.3) is 5.91 Å². The Morgan fingerprint density at radius 3 is 1.92 bits per heavy atom. The number of aliphatic hydroxyl groups excluding tert-OH is 1. The van der Waals surface area contributed by atoms with Gasteiger partial charge in [0.2, 0.25) is 5.91 Å². The van der Waals surface area contributed by atoms with Crippen molar-refractivity contribution in [2.75, 3.05) is 19.7 Å². The molecular formula is C30H35N3O3. The number of likely N-dealkylation sites (tertiary alicyclic amines) is 1. The molecule has 3 aromatic carbocycles. The Labute approximate surface area is 213 Å². The predicted molar refractivity (Wildman–Crippen MR) is 142 cm³/mol. The van der Waals surface area contributed by atoms with Crippen molar-refractivity contribution in [2.24, 2.45) is 0 Å². The van der Waals surface area contributed by atoms with E-state index in [9.17, 15) is 14.7 Å². The molecule has 1 heterocycles. The number of carbonyl (C=O) groups excluding carboxylic acids is 2. The van der Waals surface area contributed by atoms with E-state index in [0.717, 1.165) is 30.8 Å². The third-order valence-corrected chi connectivity index (χ3v) is 6.62. The fourth-order valence-corrected chi connectivity index (χ4v) is 4.62. The number of amides is 2. The Hall–Kier alpha value is -3.48. The first kappa shape index (κ1) is 25.6. The van der Waals surface area contributed by atoms with E-state index in [1.807, 2.05) is 84.9 Å². The lowest BCUT2D eigenvalue weighted by Gasteiger charge is -2.23. The third-order valence-electron chi connectivity index (χ3n) is 6.62. The number of hydrogen-bond donors (Lipinski definition) is 3. The molecular weight excluding hydrogens is 450 g/mol. The van der Waals surface area contributed by atoms with Crippen LogP contribution in [0.4, 0.5) is 0 Å². The molecule has 1 fully saturated rings. The number of rotatable bonds is 11. The van der Waals surface area contributed by atoms with E-state index in [4.69, 9.17) is 0 Å². The molecule has 0 spiro atoms. The second-order valence-corrected chi connectivity index (χ2v) is 9.47. The molecule has 6 heteroatoms. The van der Waals surface area contributed by atoms with Gasteiger partial charge in [-0.3, -0.25) is 14.5 Å². The quantitative estimate of drug-likeness (QED) is 0.389. The lowest BCUT2D eigenvalue weighted by Crippen LogP contribution is -2.52. The normalized spacial score (nSPS) is 15.2. The molecule has 6 nitrogen and oxygen atoms in total. The van der Waals surface area contributed by atoms with Crippen LogP contribution in [0.1, 0.15) is 39.9 Å². The molecule has 3 aromatic rings. The number of aliphatic hydroxyl groups is 1. The van der Waals surface area contributed by atoms with Gasteiger partial charge in [-0.05, 0) is 61.2 Å². The highest BCUT2D eigenvalue weighted by molar-refractivity contribution is 5.97. The van der Waals surface area contributed by atoms with Crippen LogP contribution in [0.2, 0.25) is 0 Å². The molecule has 0 aromatic heterocycles. The molecule has 1 aliphatic heterocycles. The number of nitrogens with zero attached hydrogens (tertiary/aromatic N) is 1. The van der Waals surface area contributed by atoms with Crippen molar-refractivity contribution in [3.05, 3.63) is 107 Å². The summed E-state index contributed by atoms with van der Waals surface area (Å²) in [7, 11) is 0. The van der Waals surface area contributed by atoms with Crippen molar-refractivity contribution >= 4 is 11.8 Å². The Morgan fingerprint density at radius 1 is 0.750 bits per heavy atom. The summed E-state index contributed by atoms with van der Waals surface area (Å²) in [6, 6.07) is 25.8. The second kappa shape index (κ2) is 13.0. The molecule has 4 rings (SSSR count). The van der Waals surface area contributed by atoms with Crippen molar-refractivity contribution in [2.45, 2.75) is 44.3 Å². The molecule has 1 saturated heterocycles. The first-order valence-corrected chi connectivity index (χ1v) is 12.7. The SMILES string of the molecule is O=C(N[C@@H](Cc1ccccc1)C(=O)N[C@H](CO)Cc1ccccc1)c1ccc(CN2CCCC2)cc1. The van der Waals surface area contributed by atoms with Crippen LogP contribution in [-0.4, -0.2) is 53.6 Å². The summed E-state index contributed by atoms with van der Waals surface area (Å²) in [6.45, 7) is 2.95. The zero-order valence-corrected chi connectivity index (χ0v) is 20.6. The fraction of sp³-hybridized carbons (Fsp3) is 0.333. The van der Waals surface area contributed by atoms with Crippen molar-refractivity contribution < 1.29 is 14.7 Å². The summed E-state index contributed by atoms with van der Waals surface area (Å²) in [4.78, 5) is 28.8. The molecule has 0 radical (unpaired) electrons. The van der Waals surface area contributed by atoms with E-state index < -0.39 is 12.1 Å². The Balaban J connectivity index is 1.42. The summed E-state index contributed by atoms with van der Waals surface area (Å²) >= 11 is 0. The third kappa shape index (κ3) is 7.51. The van der Waals surface area contributed by atoms with Gasteiger partial charge in [0.1, 0.15) is 6.04 Å². The van der Waals surface area contributed by atoms with Crippen molar-refractivity contribution in [3.63, 3.8) is 0 Å². The lowest BCUT2D eigenvalue weighted by atomic mass is 10.0. The smallest absolute Gasteiger partial charge is 0.251 e. The van der Waals surface area contributed by atoms with Gasteiger partial charge in [-0.2, -0.15) is 0 Å². The average molecular weight is 486 g/mol. The molecule has 0 bridgehead atoms. The van der Waals surface area contributed by atoms with E-state index in [2.05, 4.69) is 15.5 Å². The molecule has 3 N–H and O–H groups in total. The van der Waals surface area contributed by atoms with Crippen LogP contribution in [-0.2, 0) is 24.2 Å². The van der Waals surface area contributed by atoms with Gasteiger partial charge >= 0.3 is 0 Å². The largest absolute Gasteiger partial charge is 0.394 e. The molecule has 0 aliphatic carbocycles. The minimum atomic E-state index is -0.769. The maximum atomic E-state index is 13.3. The second-order valence-electron chi connectivity index (χ2n) is 9.47. The first-order chi connectivity index (χ1) is 17.6. The zero-order chi connectivity index (χ0) is 25.2. The topological polar surface area (TPSA) is 81.7 Å². The summed E-state index contributed by atoms with van der Waals surface area (Å²) in [5.74, 6) is -0.602. The minimum absolute atomic E-state index is 0.189. The molecule has 2 amide bonds. The minimum Gasteiger partial charge on any atom is -0.394 e. The van der Waals surface area contributed by atoms with Gasteiger partial charge in [0, 0.05) is 18.5 Å². The number of nitrogens with one attached hydrogen (secondary N) is 2. The highest BCUT2D eigenvalue weighted by Gasteiger charge is 2.24. The van der Waals surface area contributed by atoms with E-state index >= 15 is 0 Å². The summed E-state index contributed by atoms with van der Waals surface area (Å²) in [5.41, 5.74) is 3.67. The van der Waals surface area contributed by atoms with E-state index in [1.54, 1.807) is 0 Å². The maximum absolute atomic E-state index is 13.3. The van der Waals surface area contributed by atoms with Gasteiger partial charge in [-0.25, -0.2) is 0 Å². The fourth-order valence-electron chi connectivity index (χ4n) is 4.62. The van der Waals surface area contributed by atoms with Crippen LogP contribution in [0.15, 0.2) is 84.9 Å². The Kier molecular flexibility index (Phi) is 9.25. The monoisotopic (exact) mass is 485 g/mol. The van der Waals surface area contributed by atoms with Gasteiger partial charge < -0.3 is 15.7 Å². The van der Waals surface area contributed by atoms with Crippen molar-refractivity contribution in [3.8, 4) is 0 Å². The summed E-state index contributed by atoms with van der Waals surface area (Å²) in [5, 5.41) is 15.7. The van der Waals surface area contributed by atoms with Crippen LogP contribution in [0, 0.1) is 0 Å². The van der Waals surface area contributed by atoms with Crippen LogP contribution in [0.25, 0.3) is 0 Å². The highest BCUT2D eigenvalue weighted by atomic mass is 16.3. The molecule has 36 heavy (non-hydrogen) atoms. The number of carbonyl (C=O) groups is 2. The molecule has 1 aliphatic rings. The van der Waals surface area contributed by atoms with E-state index in [0.29, 0.717) is 18.4 Å². The summed E-state index contributed by atoms with van der Waals surface area (Å²) in [6.07, 6.45) is 3.35. The standard InChI is InChI=1S/C30H35N3O3/c34-22-27(19-23-9-3-1-4-10-23)31-30(36)28(20-24-11-5-2-6-12-24)32-29(35)26-15-13-25(14-16-26)21-33-17-7-8-18-33/h1-6,9-16,27-28,34H,7-8,17-22H2,(H,31,36)(H,32,35)/t27-,28-/m0/s1. The first-order valence-electron chi connectivity index (χ1n) is 12.7. The van der Waals surface area contributed by atoms with Crippen molar-refractivity contribution in [1.82, 2.24) is 15.5 Å². The Bertz CT molecular complexity index is 1100. The van der Waals surface area contributed by atoms with Crippen LogP contribution in [0.5, 0.6) is 0 Å². The molecule has 188 valence electrons. The lowest BCUT2D eigenvalue weighted by molar-refractivity contribution is -0.124. The number of benzene rings is 3. The maximum Gasteiger partial charge on any atom is 0.251 e. The van der Waals surface area contributed by atoms with Crippen LogP contribution in [0.3, 0.4) is 0 Å². The summed E-state index contributed by atoms with van der Waals surface area (Å²) < 4.78 is 0.